The van der Waals surface area contributed by atoms with Crippen LogP contribution < -0.4 is 0 Å². The van der Waals surface area contributed by atoms with Crippen molar-refractivity contribution in [2.75, 3.05) is 13.6 Å². The molecular weight excluding hydrogens is 437 g/mol. The van der Waals surface area contributed by atoms with E-state index in [-0.39, 0.29) is 11.7 Å². The smallest absolute Gasteiger partial charge is 0.272 e. The summed E-state index contributed by atoms with van der Waals surface area (Å²) in [6, 6.07) is 18.0. The number of benzene rings is 2. The third-order valence-corrected chi connectivity index (χ3v) is 5.87. The highest BCUT2D eigenvalue weighted by atomic mass is 32.1. The Bertz CT molecular complexity index is 1260. The number of hydrogen-bond acceptors (Lipinski definition) is 3. The number of halogens is 1. The topological polar surface area (TPSA) is 69.7 Å². The summed E-state index contributed by atoms with van der Waals surface area (Å²) in [6.07, 6.45) is 5.41. The van der Waals surface area contributed by atoms with Gasteiger partial charge in [0.15, 0.2) is 4.77 Å². The van der Waals surface area contributed by atoms with Crippen LogP contribution in [0.5, 0.6) is 0 Å². The van der Waals surface area contributed by atoms with Gasteiger partial charge in [0, 0.05) is 36.7 Å². The fourth-order valence-electron chi connectivity index (χ4n) is 3.76. The zero-order chi connectivity index (χ0) is 23.2. The molecule has 4 aromatic rings. The number of unbranched alkanes of at least 4 members (excludes halogenated alkanes) is 2. The Morgan fingerprint density at radius 1 is 1.09 bits per heavy atom. The number of hydrogen-bond donors (Lipinski definition) is 2. The van der Waals surface area contributed by atoms with Crippen molar-refractivity contribution in [1.29, 1.82) is 0 Å². The van der Waals surface area contributed by atoms with Gasteiger partial charge < -0.3 is 9.88 Å². The molecule has 4 rings (SSSR count). The van der Waals surface area contributed by atoms with Gasteiger partial charge in [-0.25, -0.2) is 4.39 Å². The summed E-state index contributed by atoms with van der Waals surface area (Å²) in [5, 5.41) is 7.38. The fraction of sp³-hybridized carbons (Fsp3) is 0.240. The molecule has 170 valence electrons. The van der Waals surface area contributed by atoms with Crippen LogP contribution in [0.4, 0.5) is 4.39 Å². The number of aromatic amines is 2. The van der Waals surface area contributed by atoms with E-state index in [1.54, 1.807) is 27.8 Å². The predicted molar refractivity (Wildman–Crippen MR) is 129 cm³/mol. The molecule has 0 aliphatic carbocycles. The number of rotatable bonds is 9. The third-order valence-electron chi connectivity index (χ3n) is 5.57. The number of amides is 1. The van der Waals surface area contributed by atoms with Crippen LogP contribution in [-0.4, -0.2) is 44.1 Å². The summed E-state index contributed by atoms with van der Waals surface area (Å²) in [5.41, 5.74) is 4.14. The first-order valence-corrected chi connectivity index (χ1v) is 11.4. The molecule has 6 nitrogen and oxygen atoms in total. The molecule has 1 amide bonds. The van der Waals surface area contributed by atoms with Crippen LogP contribution in [0.15, 0.2) is 66.9 Å². The van der Waals surface area contributed by atoms with Crippen molar-refractivity contribution >= 4 is 18.1 Å². The summed E-state index contributed by atoms with van der Waals surface area (Å²) in [6.45, 7) is 0.662. The quantitative estimate of drug-likeness (QED) is 0.253. The second-order valence-corrected chi connectivity index (χ2v) is 8.36. The van der Waals surface area contributed by atoms with E-state index < -0.39 is 0 Å². The van der Waals surface area contributed by atoms with E-state index in [9.17, 15) is 9.18 Å². The lowest BCUT2D eigenvalue weighted by molar-refractivity contribution is 0.0784. The molecule has 2 N–H and O–H groups in total. The summed E-state index contributed by atoms with van der Waals surface area (Å²) < 4.78 is 15.4. The highest BCUT2D eigenvalue weighted by molar-refractivity contribution is 7.71. The Balaban J connectivity index is 1.26. The predicted octanol–water partition coefficient (Wildman–Crippen LogP) is 5.55. The van der Waals surface area contributed by atoms with E-state index >= 15 is 0 Å². The largest absolute Gasteiger partial charge is 0.340 e. The van der Waals surface area contributed by atoms with Gasteiger partial charge in [-0.3, -0.25) is 14.5 Å². The molecule has 0 fully saturated rings. The Morgan fingerprint density at radius 3 is 2.61 bits per heavy atom. The van der Waals surface area contributed by atoms with E-state index in [4.69, 9.17) is 12.2 Å². The maximum absolute atomic E-state index is 13.1. The van der Waals surface area contributed by atoms with Crippen molar-refractivity contribution in [1.82, 2.24) is 24.6 Å². The van der Waals surface area contributed by atoms with Gasteiger partial charge in [0.1, 0.15) is 11.5 Å². The maximum atomic E-state index is 13.1. The molecule has 0 spiro atoms. The second-order valence-electron chi connectivity index (χ2n) is 7.97. The van der Waals surface area contributed by atoms with Gasteiger partial charge in [0.25, 0.3) is 5.91 Å². The van der Waals surface area contributed by atoms with Crippen molar-refractivity contribution in [2.24, 2.45) is 0 Å². The summed E-state index contributed by atoms with van der Waals surface area (Å²) >= 11 is 5.38. The van der Waals surface area contributed by atoms with Gasteiger partial charge >= 0.3 is 0 Å². The minimum Gasteiger partial charge on any atom is -0.340 e. The zero-order valence-corrected chi connectivity index (χ0v) is 19.2. The van der Waals surface area contributed by atoms with Crippen LogP contribution in [0.2, 0.25) is 0 Å². The maximum Gasteiger partial charge on any atom is 0.272 e. The Morgan fingerprint density at radius 2 is 1.85 bits per heavy atom. The molecule has 8 heteroatoms. The van der Waals surface area contributed by atoms with E-state index in [0.29, 0.717) is 17.0 Å². The van der Waals surface area contributed by atoms with E-state index in [0.717, 1.165) is 48.3 Å². The van der Waals surface area contributed by atoms with Crippen molar-refractivity contribution in [3.05, 3.63) is 88.8 Å². The van der Waals surface area contributed by atoms with Gasteiger partial charge in [-0.1, -0.05) is 24.6 Å². The van der Waals surface area contributed by atoms with E-state index in [1.165, 1.54) is 12.1 Å². The number of nitrogens with zero attached hydrogens (tertiary/aromatic N) is 3. The minimum atomic E-state index is -0.256. The number of imidazole rings is 1. The summed E-state index contributed by atoms with van der Waals surface area (Å²) in [4.78, 5) is 17.7. The van der Waals surface area contributed by atoms with Gasteiger partial charge in [0.05, 0.1) is 5.69 Å². The van der Waals surface area contributed by atoms with Gasteiger partial charge in [-0.15, -0.1) is 0 Å². The van der Waals surface area contributed by atoms with Gasteiger partial charge in [-0.05, 0) is 73.9 Å². The van der Waals surface area contributed by atoms with Crippen molar-refractivity contribution < 1.29 is 9.18 Å². The average molecular weight is 464 g/mol. The second kappa shape index (κ2) is 10.4. The van der Waals surface area contributed by atoms with E-state index in [1.807, 2.05) is 43.4 Å². The highest BCUT2D eigenvalue weighted by Gasteiger charge is 2.18. The van der Waals surface area contributed by atoms with Crippen molar-refractivity contribution in [2.45, 2.75) is 25.7 Å². The lowest BCUT2D eigenvalue weighted by Gasteiger charge is -2.18. The van der Waals surface area contributed by atoms with Crippen LogP contribution in [-0.2, 0) is 6.42 Å². The Hall–Kier alpha value is -3.52. The summed E-state index contributed by atoms with van der Waals surface area (Å²) in [5.74, 6) is -0.322. The third kappa shape index (κ3) is 5.46. The molecule has 33 heavy (non-hydrogen) atoms. The molecule has 0 radical (unpaired) electrons. The SMILES string of the molecule is CN(CCCCCc1cc(-c2ccc(F)cc2)n[nH]1)C(=O)c1c[nH]c(=S)n1-c1ccccc1. The Kier molecular flexibility index (Phi) is 7.14. The number of aromatic nitrogens is 4. The molecule has 2 aromatic heterocycles. The number of carbonyl (C=O) groups excluding carboxylic acids is 1. The van der Waals surface area contributed by atoms with Crippen molar-refractivity contribution in [3.63, 3.8) is 0 Å². The molecule has 0 unspecified atom stereocenters. The first-order chi connectivity index (χ1) is 16.0. The lowest BCUT2D eigenvalue weighted by Crippen LogP contribution is -2.29. The number of H-pyrrole nitrogens is 2. The molecule has 2 heterocycles. The normalized spacial score (nSPS) is 11.0. The molecule has 0 saturated carbocycles. The number of carbonyl (C=O) groups is 1. The number of nitrogens with one attached hydrogen (secondary N) is 2. The van der Waals surface area contributed by atoms with Crippen LogP contribution in [0, 0.1) is 10.6 Å². The molecule has 0 atom stereocenters. The first kappa shape index (κ1) is 22.7. The standard InChI is InChI=1S/C25H26FN5OS/c1-30(24(32)23-17-27-25(33)31(23)21-9-5-2-6-10-21)15-7-3-4-8-20-16-22(29-28-20)18-11-13-19(26)14-12-18/h2,5-6,9-14,16-17H,3-4,7-8,15H2,1H3,(H,27,33)(H,28,29). The van der Waals surface area contributed by atoms with Crippen LogP contribution in [0.1, 0.15) is 35.4 Å². The van der Waals surface area contributed by atoms with Gasteiger partial charge in [-0.2, -0.15) is 5.10 Å². The Labute approximate surface area is 197 Å². The lowest BCUT2D eigenvalue weighted by atomic mass is 10.1. The minimum absolute atomic E-state index is 0.0660. The van der Waals surface area contributed by atoms with Crippen LogP contribution >= 0.6 is 12.2 Å². The number of aryl methyl sites for hydroxylation is 1. The average Bonchev–Trinajstić information content (AvgIpc) is 3.46. The first-order valence-electron chi connectivity index (χ1n) is 10.9. The molecule has 0 aliphatic rings. The number of para-hydroxylation sites is 1. The summed E-state index contributed by atoms with van der Waals surface area (Å²) in [7, 11) is 1.82. The molecular formula is C25H26FN5OS. The fourth-order valence-corrected chi connectivity index (χ4v) is 4.02. The van der Waals surface area contributed by atoms with Crippen LogP contribution in [0.25, 0.3) is 16.9 Å². The van der Waals surface area contributed by atoms with Crippen molar-refractivity contribution in [3.8, 4) is 16.9 Å². The monoisotopic (exact) mass is 463 g/mol. The van der Waals surface area contributed by atoms with Gasteiger partial charge in [0.2, 0.25) is 0 Å². The molecule has 0 saturated heterocycles. The molecule has 0 aliphatic heterocycles. The molecule has 2 aromatic carbocycles. The van der Waals surface area contributed by atoms with Crippen LogP contribution in [0.3, 0.4) is 0 Å². The highest BCUT2D eigenvalue weighted by Crippen LogP contribution is 2.19. The van der Waals surface area contributed by atoms with E-state index in [2.05, 4.69) is 15.2 Å². The zero-order valence-electron chi connectivity index (χ0n) is 18.4. The molecule has 0 bridgehead atoms.